The first-order valence-electron chi connectivity index (χ1n) is 5.37. The quantitative estimate of drug-likeness (QED) is 0.851. The van der Waals surface area contributed by atoms with Gasteiger partial charge >= 0.3 is 5.63 Å². The zero-order chi connectivity index (χ0) is 13.1. The van der Waals surface area contributed by atoms with E-state index in [1.165, 1.54) is 13.0 Å². The van der Waals surface area contributed by atoms with Gasteiger partial charge in [0.1, 0.15) is 17.3 Å². The zero-order valence-corrected chi connectivity index (χ0v) is 9.75. The van der Waals surface area contributed by atoms with Gasteiger partial charge in [0.2, 0.25) is 0 Å². The van der Waals surface area contributed by atoms with Crippen molar-refractivity contribution < 1.29 is 14.6 Å². The molecule has 2 N–H and O–H groups in total. The molecule has 0 fully saturated rings. The molecule has 92 valence electrons. The van der Waals surface area contributed by atoms with Crippen LogP contribution in [0.1, 0.15) is 16.9 Å². The smallest absolute Gasteiger partial charge is 0.342 e. The van der Waals surface area contributed by atoms with Gasteiger partial charge in [0.05, 0.1) is 5.56 Å². The highest BCUT2D eigenvalue weighted by molar-refractivity contribution is 5.68. The molecule has 0 saturated carbocycles. The van der Waals surface area contributed by atoms with E-state index in [2.05, 4.69) is 0 Å². The van der Waals surface area contributed by atoms with Gasteiger partial charge in [0.25, 0.3) is 0 Å². The van der Waals surface area contributed by atoms with E-state index in [0.29, 0.717) is 0 Å². The van der Waals surface area contributed by atoms with Crippen molar-refractivity contribution in [2.75, 3.05) is 0 Å². The molecular formula is C14H12O4. The Morgan fingerprint density at radius 2 is 1.78 bits per heavy atom. The van der Waals surface area contributed by atoms with Crippen LogP contribution >= 0.6 is 0 Å². The highest BCUT2D eigenvalue weighted by Gasteiger charge is 2.04. The second-order valence-corrected chi connectivity index (χ2v) is 3.87. The molecule has 0 bridgehead atoms. The van der Waals surface area contributed by atoms with Crippen molar-refractivity contribution in [3.8, 4) is 11.5 Å². The molecule has 4 heteroatoms. The second-order valence-electron chi connectivity index (χ2n) is 3.87. The second kappa shape index (κ2) is 4.79. The van der Waals surface area contributed by atoms with Crippen molar-refractivity contribution in [1.82, 2.24) is 0 Å². The first kappa shape index (κ1) is 12.0. The lowest BCUT2D eigenvalue weighted by Crippen LogP contribution is -2.03. The fourth-order valence-electron chi connectivity index (χ4n) is 1.41. The first-order chi connectivity index (χ1) is 8.56. The van der Waals surface area contributed by atoms with E-state index in [1.54, 1.807) is 36.4 Å². The number of benzene rings is 1. The largest absolute Gasteiger partial charge is 0.508 e. The van der Waals surface area contributed by atoms with E-state index in [4.69, 9.17) is 9.52 Å². The van der Waals surface area contributed by atoms with Crippen molar-refractivity contribution in [3.63, 3.8) is 0 Å². The summed E-state index contributed by atoms with van der Waals surface area (Å²) in [5.41, 5.74) is 0.479. The van der Waals surface area contributed by atoms with E-state index < -0.39 is 5.63 Å². The Balaban J connectivity index is 2.29. The molecule has 1 heterocycles. The van der Waals surface area contributed by atoms with Crippen molar-refractivity contribution in [2.24, 2.45) is 0 Å². The van der Waals surface area contributed by atoms with Crippen molar-refractivity contribution in [2.45, 2.75) is 6.92 Å². The number of hydrogen-bond acceptors (Lipinski definition) is 4. The summed E-state index contributed by atoms with van der Waals surface area (Å²) in [5, 5.41) is 18.6. The van der Waals surface area contributed by atoms with Crippen LogP contribution in [-0.4, -0.2) is 10.2 Å². The first-order valence-corrected chi connectivity index (χ1v) is 5.37. The standard InChI is InChI=1S/C14H12O4/c1-9-13(16)8-12(18-14(9)17)7-4-10-2-5-11(15)6-3-10/h2-8,15-16H,1H3. The molecule has 0 aliphatic carbocycles. The molecule has 1 aromatic heterocycles. The maximum atomic E-state index is 11.3. The number of aromatic hydroxyl groups is 2. The van der Waals surface area contributed by atoms with E-state index in [-0.39, 0.29) is 22.8 Å². The Morgan fingerprint density at radius 1 is 1.11 bits per heavy atom. The highest BCUT2D eigenvalue weighted by atomic mass is 16.4. The van der Waals surface area contributed by atoms with Gasteiger partial charge in [-0.1, -0.05) is 18.2 Å². The number of phenolic OH excluding ortho intramolecular Hbond substituents is 1. The molecule has 18 heavy (non-hydrogen) atoms. The van der Waals surface area contributed by atoms with Crippen LogP contribution < -0.4 is 5.63 Å². The summed E-state index contributed by atoms with van der Waals surface area (Å²) in [6, 6.07) is 7.94. The number of hydrogen-bond donors (Lipinski definition) is 2. The van der Waals surface area contributed by atoms with Gasteiger partial charge in [-0.3, -0.25) is 0 Å². The summed E-state index contributed by atoms with van der Waals surface area (Å²) in [5.74, 6) is 0.374. The molecule has 0 aliphatic rings. The molecule has 1 aromatic carbocycles. The SMILES string of the molecule is Cc1c(O)cc(C=Cc2ccc(O)cc2)oc1=O. The molecule has 0 atom stereocenters. The maximum absolute atomic E-state index is 11.3. The van der Waals surface area contributed by atoms with Gasteiger partial charge in [-0.05, 0) is 30.7 Å². The third-order valence-corrected chi connectivity index (χ3v) is 2.51. The Kier molecular flexibility index (Phi) is 3.19. The third-order valence-electron chi connectivity index (χ3n) is 2.51. The van der Waals surface area contributed by atoms with Crippen LogP contribution in [0.2, 0.25) is 0 Å². The van der Waals surface area contributed by atoms with Crippen LogP contribution in [0.5, 0.6) is 11.5 Å². The van der Waals surface area contributed by atoms with Gasteiger partial charge in [0, 0.05) is 6.07 Å². The van der Waals surface area contributed by atoms with Crippen LogP contribution in [0.4, 0.5) is 0 Å². The van der Waals surface area contributed by atoms with Gasteiger partial charge in [-0.25, -0.2) is 4.79 Å². The Bertz CT molecular complexity index is 636. The number of phenols is 1. The minimum atomic E-state index is -0.555. The Morgan fingerprint density at radius 3 is 2.39 bits per heavy atom. The van der Waals surface area contributed by atoms with E-state index in [0.717, 1.165) is 5.56 Å². The topological polar surface area (TPSA) is 70.7 Å². The lowest BCUT2D eigenvalue weighted by atomic mass is 10.2. The summed E-state index contributed by atoms with van der Waals surface area (Å²) in [7, 11) is 0. The van der Waals surface area contributed by atoms with Crippen LogP contribution in [0.25, 0.3) is 12.2 Å². The molecule has 0 unspecified atom stereocenters. The Hall–Kier alpha value is -2.49. The van der Waals surface area contributed by atoms with Crippen molar-refractivity contribution in [3.05, 3.63) is 57.6 Å². The maximum Gasteiger partial charge on any atom is 0.342 e. The molecule has 0 aliphatic heterocycles. The summed E-state index contributed by atoms with van der Waals surface area (Å²) in [4.78, 5) is 11.3. The van der Waals surface area contributed by atoms with Gasteiger partial charge in [0.15, 0.2) is 0 Å². The summed E-state index contributed by atoms with van der Waals surface area (Å²) >= 11 is 0. The minimum absolute atomic E-state index is 0.0865. The molecule has 2 rings (SSSR count). The summed E-state index contributed by atoms with van der Waals surface area (Å²) in [6.07, 6.45) is 3.29. The van der Waals surface area contributed by atoms with Gasteiger partial charge < -0.3 is 14.6 Å². The lowest BCUT2D eigenvalue weighted by molar-refractivity contribution is 0.436. The normalized spacial score (nSPS) is 10.9. The fourth-order valence-corrected chi connectivity index (χ4v) is 1.41. The highest BCUT2D eigenvalue weighted by Crippen LogP contribution is 2.16. The summed E-state index contributed by atoms with van der Waals surface area (Å²) in [6.45, 7) is 1.49. The molecule has 0 radical (unpaired) electrons. The number of rotatable bonds is 2. The fraction of sp³-hybridized carbons (Fsp3) is 0.0714. The molecule has 4 nitrogen and oxygen atoms in total. The third kappa shape index (κ3) is 2.60. The van der Waals surface area contributed by atoms with Crippen LogP contribution in [0.3, 0.4) is 0 Å². The van der Waals surface area contributed by atoms with Crippen LogP contribution in [0, 0.1) is 6.92 Å². The average Bonchev–Trinajstić information content (AvgIpc) is 2.35. The van der Waals surface area contributed by atoms with E-state index >= 15 is 0 Å². The van der Waals surface area contributed by atoms with E-state index in [1.807, 2.05) is 0 Å². The van der Waals surface area contributed by atoms with E-state index in [9.17, 15) is 9.90 Å². The van der Waals surface area contributed by atoms with Crippen molar-refractivity contribution >= 4 is 12.2 Å². The predicted octanol–water partition coefficient (Wildman–Crippen LogP) is 2.53. The predicted molar refractivity (Wildman–Crippen MR) is 68.4 cm³/mol. The zero-order valence-electron chi connectivity index (χ0n) is 9.75. The van der Waals surface area contributed by atoms with Gasteiger partial charge in [-0.2, -0.15) is 0 Å². The monoisotopic (exact) mass is 244 g/mol. The van der Waals surface area contributed by atoms with Gasteiger partial charge in [-0.15, -0.1) is 0 Å². The lowest BCUT2D eigenvalue weighted by Gasteiger charge is -1.98. The summed E-state index contributed by atoms with van der Waals surface area (Å²) < 4.78 is 4.98. The molecule has 0 saturated heterocycles. The minimum Gasteiger partial charge on any atom is -0.508 e. The molecule has 0 amide bonds. The van der Waals surface area contributed by atoms with Crippen molar-refractivity contribution in [1.29, 1.82) is 0 Å². The average molecular weight is 244 g/mol. The Labute approximate surface area is 103 Å². The molecular weight excluding hydrogens is 232 g/mol. The molecule has 0 spiro atoms. The van der Waals surface area contributed by atoms with Crippen LogP contribution in [0.15, 0.2) is 39.5 Å². The van der Waals surface area contributed by atoms with Crippen LogP contribution in [-0.2, 0) is 0 Å². The molecule has 2 aromatic rings.